The molecule has 18 heavy (non-hydrogen) atoms. The van der Waals surface area contributed by atoms with Crippen LogP contribution in [0.3, 0.4) is 0 Å². The lowest BCUT2D eigenvalue weighted by Crippen LogP contribution is -2.29. The number of pyridine rings is 1. The van der Waals surface area contributed by atoms with Gasteiger partial charge in [-0.3, -0.25) is 4.90 Å². The van der Waals surface area contributed by atoms with Crippen molar-refractivity contribution < 1.29 is 0 Å². The number of aromatic nitrogens is 1. The lowest BCUT2D eigenvalue weighted by Gasteiger charge is -2.25. The lowest BCUT2D eigenvalue weighted by molar-refractivity contribution is 0.205. The summed E-state index contributed by atoms with van der Waals surface area (Å²) in [6, 6.07) is 8.67. The van der Waals surface area contributed by atoms with Gasteiger partial charge in [0.1, 0.15) is 5.15 Å². The van der Waals surface area contributed by atoms with E-state index in [1.54, 1.807) is 11.3 Å². The Hall–Kier alpha value is -0.900. The van der Waals surface area contributed by atoms with Gasteiger partial charge in [0.25, 0.3) is 0 Å². The Labute approximate surface area is 117 Å². The second-order valence-corrected chi connectivity index (χ2v) is 5.99. The zero-order chi connectivity index (χ0) is 13.0. The summed E-state index contributed by atoms with van der Waals surface area (Å²) in [5, 5.41) is 2.67. The van der Waals surface area contributed by atoms with Gasteiger partial charge in [-0.15, -0.1) is 11.3 Å². The van der Waals surface area contributed by atoms with Crippen molar-refractivity contribution in [2.75, 3.05) is 0 Å². The van der Waals surface area contributed by atoms with Crippen LogP contribution >= 0.6 is 22.9 Å². The highest BCUT2D eigenvalue weighted by molar-refractivity contribution is 7.09. The Morgan fingerprint density at radius 1 is 1.28 bits per heavy atom. The summed E-state index contributed by atoms with van der Waals surface area (Å²) in [6.45, 7) is 6.33. The van der Waals surface area contributed by atoms with Crippen LogP contribution in [0.1, 0.15) is 24.3 Å². The quantitative estimate of drug-likeness (QED) is 0.763. The number of nitrogens with zero attached hydrogens (tertiary/aromatic N) is 2. The molecule has 0 spiro atoms. The Balaban J connectivity index is 2.04. The van der Waals surface area contributed by atoms with Crippen LogP contribution in [-0.4, -0.2) is 15.9 Å². The van der Waals surface area contributed by atoms with Gasteiger partial charge >= 0.3 is 0 Å². The van der Waals surface area contributed by atoms with Gasteiger partial charge in [-0.2, -0.15) is 0 Å². The fourth-order valence-electron chi connectivity index (χ4n) is 1.76. The first-order valence-corrected chi connectivity index (χ1v) is 7.28. The smallest absolute Gasteiger partial charge is 0.129 e. The third-order valence-electron chi connectivity index (χ3n) is 2.84. The maximum Gasteiger partial charge on any atom is 0.129 e. The molecule has 0 saturated carbocycles. The van der Waals surface area contributed by atoms with Crippen LogP contribution in [0.5, 0.6) is 0 Å². The van der Waals surface area contributed by atoms with E-state index < -0.39 is 0 Å². The molecular weight excluding hydrogens is 264 g/mol. The number of thiophene rings is 1. The van der Waals surface area contributed by atoms with Gasteiger partial charge in [0.2, 0.25) is 0 Å². The normalized spacial score (nSPS) is 11.4. The number of hydrogen-bond donors (Lipinski definition) is 0. The summed E-state index contributed by atoms with van der Waals surface area (Å²) in [5.41, 5.74) is 1.20. The molecule has 0 atom stereocenters. The van der Waals surface area contributed by atoms with E-state index in [-0.39, 0.29) is 0 Å². The van der Waals surface area contributed by atoms with Crippen LogP contribution in [0.25, 0.3) is 0 Å². The molecule has 0 aliphatic heterocycles. The fourth-order valence-corrected chi connectivity index (χ4v) is 2.60. The highest BCUT2D eigenvalue weighted by Crippen LogP contribution is 2.17. The number of rotatable bonds is 5. The second kappa shape index (κ2) is 6.32. The van der Waals surface area contributed by atoms with Crippen molar-refractivity contribution in [2.24, 2.45) is 0 Å². The first-order valence-electron chi connectivity index (χ1n) is 6.02. The molecule has 4 heteroatoms. The first-order chi connectivity index (χ1) is 8.65. The molecule has 96 valence electrons. The second-order valence-electron chi connectivity index (χ2n) is 4.57. The highest BCUT2D eigenvalue weighted by atomic mass is 35.5. The molecule has 0 aliphatic carbocycles. The van der Waals surface area contributed by atoms with Gasteiger partial charge < -0.3 is 0 Å². The van der Waals surface area contributed by atoms with Crippen LogP contribution in [0.15, 0.2) is 35.8 Å². The van der Waals surface area contributed by atoms with Crippen LogP contribution in [0.4, 0.5) is 0 Å². The zero-order valence-electron chi connectivity index (χ0n) is 10.6. The standard InChI is InChI=1S/C14H17ClN2S/c1-11(2)17(10-13-4-3-7-18-13)9-12-5-6-14(15)16-8-12/h3-8,11H,9-10H2,1-2H3. The lowest BCUT2D eigenvalue weighted by atomic mass is 10.2. The van der Waals surface area contributed by atoms with Gasteiger partial charge in [0.15, 0.2) is 0 Å². The van der Waals surface area contributed by atoms with E-state index in [1.165, 1.54) is 10.4 Å². The van der Waals surface area contributed by atoms with Crippen molar-refractivity contribution >= 4 is 22.9 Å². The summed E-state index contributed by atoms with van der Waals surface area (Å²) in [4.78, 5) is 7.95. The maximum atomic E-state index is 5.80. The molecule has 0 radical (unpaired) electrons. The van der Waals surface area contributed by atoms with Crippen molar-refractivity contribution in [3.8, 4) is 0 Å². The molecule has 0 amide bonds. The summed E-state index contributed by atoms with van der Waals surface area (Å²) in [7, 11) is 0. The van der Waals surface area contributed by atoms with E-state index in [0.29, 0.717) is 11.2 Å². The van der Waals surface area contributed by atoms with Crippen molar-refractivity contribution in [3.63, 3.8) is 0 Å². The van der Waals surface area contributed by atoms with Crippen LogP contribution in [0, 0.1) is 0 Å². The number of halogens is 1. The summed E-state index contributed by atoms with van der Waals surface area (Å²) >= 11 is 7.61. The minimum absolute atomic E-state index is 0.503. The van der Waals surface area contributed by atoms with Crippen LogP contribution in [-0.2, 0) is 13.1 Å². The molecule has 2 nitrogen and oxygen atoms in total. The Morgan fingerprint density at radius 3 is 2.67 bits per heavy atom. The average Bonchev–Trinajstić information content (AvgIpc) is 2.84. The summed E-state index contributed by atoms with van der Waals surface area (Å²) < 4.78 is 0. The van der Waals surface area contributed by atoms with Gasteiger partial charge in [-0.05, 0) is 36.9 Å². The monoisotopic (exact) mass is 280 g/mol. The molecule has 0 aliphatic rings. The minimum Gasteiger partial charge on any atom is -0.292 e. The van der Waals surface area contributed by atoms with Crippen molar-refractivity contribution in [1.82, 2.24) is 9.88 Å². The van der Waals surface area contributed by atoms with Gasteiger partial charge in [0.05, 0.1) is 0 Å². The molecular formula is C14H17ClN2S. The largest absolute Gasteiger partial charge is 0.292 e. The molecule has 0 aromatic carbocycles. The Bertz CT molecular complexity index is 465. The fraction of sp³-hybridized carbons (Fsp3) is 0.357. The molecule has 2 aromatic rings. The third-order valence-corrected chi connectivity index (χ3v) is 3.93. The van der Waals surface area contributed by atoms with Gasteiger partial charge in [-0.1, -0.05) is 23.7 Å². The molecule has 0 fully saturated rings. The topological polar surface area (TPSA) is 16.1 Å². The highest BCUT2D eigenvalue weighted by Gasteiger charge is 2.11. The molecule has 2 heterocycles. The van der Waals surface area contributed by atoms with E-state index in [1.807, 2.05) is 18.3 Å². The van der Waals surface area contributed by atoms with Crippen molar-refractivity contribution in [2.45, 2.75) is 33.0 Å². The van der Waals surface area contributed by atoms with Gasteiger partial charge in [-0.25, -0.2) is 4.98 Å². The SMILES string of the molecule is CC(C)N(Cc1ccc(Cl)nc1)Cc1cccs1. The van der Waals surface area contributed by atoms with Crippen LogP contribution < -0.4 is 0 Å². The van der Waals surface area contributed by atoms with E-state index >= 15 is 0 Å². The predicted octanol–water partition coefficient (Wildman–Crippen LogP) is 4.21. The van der Waals surface area contributed by atoms with Gasteiger partial charge in [0, 0.05) is 30.2 Å². The molecule has 0 saturated heterocycles. The van der Waals surface area contributed by atoms with E-state index in [9.17, 15) is 0 Å². The van der Waals surface area contributed by atoms with E-state index in [0.717, 1.165) is 13.1 Å². The third kappa shape index (κ3) is 3.80. The number of hydrogen-bond acceptors (Lipinski definition) is 3. The summed E-state index contributed by atoms with van der Waals surface area (Å²) in [5.74, 6) is 0. The van der Waals surface area contributed by atoms with Crippen molar-refractivity contribution in [1.29, 1.82) is 0 Å². The van der Waals surface area contributed by atoms with E-state index in [4.69, 9.17) is 11.6 Å². The van der Waals surface area contributed by atoms with Crippen molar-refractivity contribution in [3.05, 3.63) is 51.4 Å². The summed E-state index contributed by atoms with van der Waals surface area (Å²) in [6.07, 6.45) is 1.85. The zero-order valence-corrected chi connectivity index (χ0v) is 12.2. The van der Waals surface area contributed by atoms with E-state index in [2.05, 4.69) is 41.2 Å². The molecule has 2 rings (SSSR count). The first kappa shape index (κ1) is 13.5. The molecule has 0 N–H and O–H groups in total. The maximum absolute atomic E-state index is 5.80. The van der Waals surface area contributed by atoms with Crippen LogP contribution in [0.2, 0.25) is 5.15 Å². The Kier molecular flexibility index (Phi) is 4.75. The minimum atomic E-state index is 0.503. The molecule has 0 unspecified atom stereocenters. The molecule has 0 bridgehead atoms. The Morgan fingerprint density at radius 2 is 2.11 bits per heavy atom. The molecule has 2 aromatic heterocycles. The predicted molar refractivity (Wildman–Crippen MR) is 77.9 cm³/mol. The average molecular weight is 281 g/mol.